The van der Waals surface area contributed by atoms with E-state index in [1.54, 1.807) is 0 Å². The Morgan fingerprint density at radius 1 is 1.00 bits per heavy atom. The van der Waals surface area contributed by atoms with E-state index in [1.807, 2.05) is 0 Å². The maximum atomic E-state index is 11.6. The highest BCUT2D eigenvalue weighted by Gasteiger charge is 2.56. The molecule has 1 aliphatic carbocycles. The van der Waals surface area contributed by atoms with Crippen LogP contribution >= 0.6 is 0 Å². The van der Waals surface area contributed by atoms with Gasteiger partial charge in [-0.05, 0) is 11.6 Å². The van der Waals surface area contributed by atoms with Crippen LogP contribution in [-0.2, 0) is 20.2 Å². The fourth-order valence-electron chi connectivity index (χ4n) is 2.26. The lowest BCUT2D eigenvalue weighted by atomic mass is 9.91. The van der Waals surface area contributed by atoms with Crippen molar-refractivity contribution in [3.63, 3.8) is 0 Å². The van der Waals surface area contributed by atoms with Gasteiger partial charge in [-0.15, -0.1) is 0 Å². The molecule has 0 saturated carbocycles. The molecule has 23 heavy (non-hydrogen) atoms. The molecule has 0 aromatic heterocycles. The van der Waals surface area contributed by atoms with Crippen LogP contribution < -0.4 is 0 Å². The minimum atomic E-state index is -5.47. The maximum Gasteiger partial charge on any atom is 0.302 e. The lowest BCUT2D eigenvalue weighted by molar-refractivity contribution is 0.0440. The largest absolute Gasteiger partial charge is 0.507 e. The molecule has 1 aliphatic rings. The first-order valence-electron chi connectivity index (χ1n) is 5.97. The third-order valence-electron chi connectivity index (χ3n) is 3.25. The van der Waals surface area contributed by atoms with Gasteiger partial charge in [0.15, 0.2) is 0 Å². The molecule has 0 radical (unpaired) electrons. The Balaban J connectivity index is 3.04. The molecule has 126 valence electrons. The summed E-state index contributed by atoms with van der Waals surface area (Å²) in [5, 5.41) is 29.9. The number of aliphatic hydroxyl groups excluding tert-OH is 2. The third kappa shape index (κ3) is 2.78. The minimum absolute atomic E-state index is 0.265. The van der Waals surface area contributed by atoms with Crippen molar-refractivity contribution >= 4 is 25.8 Å². The molecule has 0 heterocycles. The Labute approximate surface area is 131 Å². The second kappa shape index (κ2) is 5.40. The number of aliphatic hydroxyl groups is 3. The van der Waals surface area contributed by atoms with Crippen LogP contribution in [0.1, 0.15) is 5.56 Å². The lowest BCUT2D eigenvalue weighted by Gasteiger charge is -2.35. The average molecular weight is 364 g/mol. The summed E-state index contributed by atoms with van der Waals surface area (Å²) >= 11 is 0. The predicted octanol–water partition coefficient (Wildman–Crippen LogP) is -0.322. The molecule has 2 rings (SSSR count). The van der Waals surface area contributed by atoms with E-state index in [0.717, 1.165) is 12.1 Å². The Bertz CT molecular complexity index is 897. The number of rotatable bonds is 3. The van der Waals surface area contributed by atoms with Gasteiger partial charge in [-0.3, -0.25) is 9.11 Å². The zero-order valence-electron chi connectivity index (χ0n) is 11.2. The second-order valence-electron chi connectivity index (χ2n) is 4.71. The molecular formula is C12H12O9S2. The molecule has 2 unspecified atom stereocenters. The molecule has 1 aromatic rings. The number of hydrogen-bond acceptors (Lipinski definition) is 7. The van der Waals surface area contributed by atoms with Gasteiger partial charge in [-0.2, -0.15) is 16.8 Å². The third-order valence-corrected chi connectivity index (χ3v) is 5.41. The van der Waals surface area contributed by atoms with Crippen molar-refractivity contribution < 1.29 is 41.3 Å². The number of hydrogen-bond donors (Lipinski definition) is 5. The van der Waals surface area contributed by atoms with E-state index < -0.39 is 47.5 Å². The molecule has 0 bridgehead atoms. The van der Waals surface area contributed by atoms with E-state index in [0.29, 0.717) is 0 Å². The van der Waals surface area contributed by atoms with E-state index >= 15 is 0 Å². The lowest BCUT2D eigenvalue weighted by Crippen LogP contribution is -2.52. The van der Waals surface area contributed by atoms with Crippen molar-refractivity contribution in [2.45, 2.75) is 11.0 Å². The summed E-state index contributed by atoms with van der Waals surface area (Å²) in [6, 6.07) is 6.48. The summed E-state index contributed by atoms with van der Waals surface area (Å²) in [4.78, 5) is -4.85. The van der Waals surface area contributed by atoms with Gasteiger partial charge in [0, 0.05) is 5.57 Å². The summed E-state index contributed by atoms with van der Waals surface area (Å²) in [7, 11) is -10.7. The van der Waals surface area contributed by atoms with E-state index in [-0.39, 0.29) is 11.6 Å². The van der Waals surface area contributed by atoms with Gasteiger partial charge < -0.3 is 15.3 Å². The minimum Gasteiger partial charge on any atom is -0.507 e. The van der Waals surface area contributed by atoms with Crippen LogP contribution in [-0.4, -0.2) is 52.3 Å². The van der Waals surface area contributed by atoms with Crippen molar-refractivity contribution in [2.75, 3.05) is 0 Å². The highest BCUT2D eigenvalue weighted by atomic mass is 32.2. The van der Waals surface area contributed by atoms with Gasteiger partial charge in [0.2, 0.25) is 4.93 Å². The summed E-state index contributed by atoms with van der Waals surface area (Å²) in [6.07, 6.45) is -2.11. The van der Waals surface area contributed by atoms with Crippen molar-refractivity contribution in [1.29, 1.82) is 0 Å². The Morgan fingerprint density at radius 3 is 1.96 bits per heavy atom. The Morgan fingerprint density at radius 2 is 1.52 bits per heavy atom. The van der Waals surface area contributed by atoms with Crippen LogP contribution in [0.2, 0.25) is 0 Å². The first-order valence-corrected chi connectivity index (χ1v) is 8.85. The zero-order chi connectivity index (χ0) is 17.6. The molecule has 0 fully saturated rings. The van der Waals surface area contributed by atoms with Gasteiger partial charge in [-0.1, -0.05) is 30.3 Å². The summed E-state index contributed by atoms with van der Waals surface area (Å²) < 4.78 is 64.9. The predicted molar refractivity (Wildman–Crippen MR) is 78.1 cm³/mol. The van der Waals surface area contributed by atoms with Crippen LogP contribution in [0, 0.1) is 0 Å². The van der Waals surface area contributed by atoms with E-state index in [9.17, 15) is 41.3 Å². The standard InChI is InChI=1S/C12H12O9S2/c13-8-6-9(14)12(15,23(19,20)21)10(11(8)22(16,17)18)7-4-2-1-3-5-7/h1-6,9,13-15H,(H,16,17,18)(H,19,20,21). The van der Waals surface area contributed by atoms with Crippen LogP contribution in [0.15, 0.2) is 47.1 Å². The van der Waals surface area contributed by atoms with Crippen LogP contribution in [0.3, 0.4) is 0 Å². The fourth-order valence-corrected chi connectivity index (χ4v) is 4.04. The summed E-state index contributed by atoms with van der Waals surface area (Å²) in [5.74, 6) is -1.17. The van der Waals surface area contributed by atoms with Gasteiger partial charge in [-0.25, -0.2) is 0 Å². The van der Waals surface area contributed by atoms with E-state index in [4.69, 9.17) is 0 Å². The van der Waals surface area contributed by atoms with E-state index in [1.165, 1.54) is 18.2 Å². The van der Waals surface area contributed by atoms with Gasteiger partial charge in [0.1, 0.15) is 16.8 Å². The van der Waals surface area contributed by atoms with Crippen LogP contribution in [0.5, 0.6) is 0 Å². The quantitative estimate of drug-likeness (QED) is 0.451. The van der Waals surface area contributed by atoms with Crippen molar-refractivity contribution in [3.8, 4) is 0 Å². The normalized spacial score (nSPS) is 26.1. The van der Waals surface area contributed by atoms with Gasteiger partial charge in [0.25, 0.3) is 10.1 Å². The Kier molecular flexibility index (Phi) is 4.13. The zero-order valence-corrected chi connectivity index (χ0v) is 12.9. The number of benzene rings is 1. The smallest absolute Gasteiger partial charge is 0.302 e. The van der Waals surface area contributed by atoms with Crippen LogP contribution in [0.25, 0.3) is 5.57 Å². The average Bonchev–Trinajstić information content (AvgIpc) is 2.40. The monoisotopic (exact) mass is 364 g/mol. The summed E-state index contributed by atoms with van der Waals surface area (Å²) in [5.41, 5.74) is -1.34. The fraction of sp³-hybridized carbons (Fsp3) is 0.167. The highest BCUT2D eigenvalue weighted by Crippen LogP contribution is 2.43. The molecule has 5 N–H and O–H groups in total. The maximum absolute atomic E-state index is 11.6. The SMILES string of the molecule is O=S(=O)(O)C1=C(c2ccccc2)C(O)(S(=O)(=O)O)C(O)C=C1O. The molecule has 1 aromatic carbocycles. The van der Waals surface area contributed by atoms with Crippen molar-refractivity contribution in [2.24, 2.45) is 0 Å². The molecule has 2 atom stereocenters. The second-order valence-corrected chi connectivity index (χ2v) is 7.64. The van der Waals surface area contributed by atoms with Crippen LogP contribution in [0.4, 0.5) is 0 Å². The molecule has 0 aliphatic heterocycles. The molecular weight excluding hydrogens is 352 g/mol. The van der Waals surface area contributed by atoms with Gasteiger partial charge in [0.05, 0.1) is 0 Å². The first-order chi connectivity index (χ1) is 10.4. The topological polar surface area (TPSA) is 169 Å². The molecule has 11 heteroatoms. The molecule has 0 amide bonds. The highest BCUT2D eigenvalue weighted by molar-refractivity contribution is 7.90. The van der Waals surface area contributed by atoms with Gasteiger partial charge >= 0.3 is 10.1 Å². The molecule has 0 saturated heterocycles. The van der Waals surface area contributed by atoms with E-state index in [2.05, 4.69) is 0 Å². The molecule has 9 nitrogen and oxygen atoms in total. The van der Waals surface area contributed by atoms with Crippen molar-refractivity contribution in [1.82, 2.24) is 0 Å². The molecule has 0 spiro atoms. The Hall–Kier alpha value is -1.76. The summed E-state index contributed by atoms with van der Waals surface area (Å²) in [6.45, 7) is 0. The first kappa shape index (κ1) is 17.6. The van der Waals surface area contributed by atoms with Crippen molar-refractivity contribution in [3.05, 3.63) is 52.6 Å².